The largest absolute Gasteiger partial charge is 0.488 e. The number of benzene rings is 1. The van der Waals surface area contributed by atoms with E-state index in [4.69, 9.17) is 9.72 Å². The number of anilines is 1. The predicted molar refractivity (Wildman–Crippen MR) is 110 cm³/mol. The fourth-order valence-electron chi connectivity index (χ4n) is 4.29. The van der Waals surface area contributed by atoms with Crippen molar-refractivity contribution in [2.24, 2.45) is 0 Å². The molecule has 1 aliphatic heterocycles. The minimum absolute atomic E-state index is 0.0141. The van der Waals surface area contributed by atoms with E-state index in [1.54, 1.807) is 22.8 Å². The van der Waals surface area contributed by atoms with E-state index in [9.17, 15) is 4.39 Å². The van der Waals surface area contributed by atoms with Crippen LogP contribution in [0.4, 0.5) is 10.2 Å². The number of hydrogen-bond acceptors (Lipinski definition) is 5. The zero-order valence-electron chi connectivity index (χ0n) is 16.4. The van der Waals surface area contributed by atoms with Crippen molar-refractivity contribution in [3.05, 3.63) is 60.2 Å². The molecule has 0 spiro atoms. The SMILES string of the molecule is C=C1N[C@@H]2CCCC[C@H]2Oc2ccc(F)cc2[C@@H](C)Nc2ccn3ncc1c3n2. The van der Waals surface area contributed by atoms with Crippen LogP contribution < -0.4 is 15.4 Å². The maximum Gasteiger partial charge on any atom is 0.166 e. The molecule has 0 unspecified atom stereocenters. The van der Waals surface area contributed by atoms with Crippen LogP contribution in [0.15, 0.2) is 43.2 Å². The van der Waals surface area contributed by atoms with E-state index in [1.807, 2.05) is 19.2 Å². The third-order valence-corrected chi connectivity index (χ3v) is 5.84. The summed E-state index contributed by atoms with van der Waals surface area (Å²) >= 11 is 0. The molecule has 2 aliphatic rings. The van der Waals surface area contributed by atoms with Crippen LogP contribution >= 0.6 is 0 Å². The van der Waals surface area contributed by atoms with Crippen molar-refractivity contribution < 1.29 is 9.13 Å². The zero-order valence-corrected chi connectivity index (χ0v) is 16.4. The molecular formula is C22H24FN5O. The van der Waals surface area contributed by atoms with Crippen molar-refractivity contribution in [2.45, 2.75) is 50.8 Å². The molecule has 5 rings (SSSR count). The van der Waals surface area contributed by atoms with E-state index >= 15 is 0 Å². The highest BCUT2D eigenvalue weighted by molar-refractivity contribution is 5.74. The number of halogens is 1. The summed E-state index contributed by atoms with van der Waals surface area (Å²) in [6.45, 7) is 6.23. The van der Waals surface area contributed by atoms with Crippen LogP contribution in [0.2, 0.25) is 0 Å². The van der Waals surface area contributed by atoms with Gasteiger partial charge in [-0.1, -0.05) is 13.0 Å². The maximum absolute atomic E-state index is 14.1. The summed E-state index contributed by atoms with van der Waals surface area (Å²) in [5, 5.41) is 11.3. The van der Waals surface area contributed by atoms with Gasteiger partial charge in [-0.15, -0.1) is 0 Å². The van der Waals surface area contributed by atoms with Crippen LogP contribution in [-0.4, -0.2) is 26.7 Å². The van der Waals surface area contributed by atoms with Gasteiger partial charge in [0, 0.05) is 17.5 Å². The second kappa shape index (κ2) is 7.06. The molecule has 0 radical (unpaired) electrons. The molecule has 3 aromatic rings. The van der Waals surface area contributed by atoms with E-state index in [2.05, 4.69) is 22.3 Å². The Kier molecular flexibility index (Phi) is 4.38. The molecule has 1 aromatic carbocycles. The van der Waals surface area contributed by atoms with Crippen molar-refractivity contribution in [1.82, 2.24) is 19.9 Å². The minimum atomic E-state index is -0.279. The van der Waals surface area contributed by atoms with Crippen LogP contribution in [0.25, 0.3) is 11.3 Å². The smallest absolute Gasteiger partial charge is 0.166 e. The van der Waals surface area contributed by atoms with Gasteiger partial charge in [-0.05, 0) is 50.5 Å². The second-order valence-electron chi connectivity index (χ2n) is 7.86. The van der Waals surface area contributed by atoms with Gasteiger partial charge in [-0.2, -0.15) is 5.10 Å². The van der Waals surface area contributed by atoms with Gasteiger partial charge in [0.15, 0.2) is 5.65 Å². The molecule has 2 bridgehead atoms. The van der Waals surface area contributed by atoms with E-state index in [1.165, 1.54) is 6.07 Å². The van der Waals surface area contributed by atoms with Crippen molar-refractivity contribution in [1.29, 1.82) is 0 Å². The number of nitrogens with one attached hydrogen (secondary N) is 2. The van der Waals surface area contributed by atoms with Crippen LogP contribution in [0.3, 0.4) is 0 Å². The summed E-state index contributed by atoms with van der Waals surface area (Å²) < 4.78 is 22.2. The molecule has 2 N–H and O–H groups in total. The van der Waals surface area contributed by atoms with Crippen molar-refractivity contribution in [3.8, 4) is 5.75 Å². The predicted octanol–water partition coefficient (Wildman–Crippen LogP) is 4.31. The number of ether oxygens (including phenoxy) is 1. The topological polar surface area (TPSA) is 63.5 Å². The summed E-state index contributed by atoms with van der Waals surface area (Å²) in [7, 11) is 0. The molecule has 6 nitrogen and oxygen atoms in total. The van der Waals surface area contributed by atoms with Crippen molar-refractivity contribution >= 4 is 17.2 Å². The van der Waals surface area contributed by atoms with Crippen LogP contribution in [0.1, 0.15) is 49.8 Å². The lowest BCUT2D eigenvalue weighted by molar-refractivity contribution is 0.120. The average Bonchev–Trinajstić information content (AvgIpc) is 3.13. The molecule has 7 heteroatoms. The van der Waals surface area contributed by atoms with Crippen molar-refractivity contribution in [2.75, 3.05) is 5.32 Å². The fraction of sp³-hybridized carbons (Fsp3) is 0.364. The first kappa shape index (κ1) is 18.0. The Bertz CT molecular complexity index is 1080. The molecule has 3 atom stereocenters. The third kappa shape index (κ3) is 3.30. The van der Waals surface area contributed by atoms with Crippen molar-refractivity contribution in [3.63, 3.8) is 0 Å². The summed E-state index contributed by atoms with van der Waals surface area (Å²) in [5.74, 6) is 1.11. The molecule has 1 fully saturated rings. The van der Waals surface area contributed by atoms with Gasteiger partial charge in [0.25, 0.3) is 0 Å². The van der Waals surface area contributed by atoms with Crippen LogP contribution in [0, 0.1) is 5.82 Å². The molecule has 0 amide bonds. The van der Waals surface area contributed by atoms with E-state index in [0.717, 1.165) is 48.2 Å². The first-order chi connectivity index (χ1) is 14.1. The van der Waals surface area contributed by atoms with Gasteiger partial charge < -0.3 is 15.4 Å². The van der Waals surface area contributed by atoms with E-state index in [0.29, 0.717) is 11.6 Å². The summed E-state index contributed by atoms with van der Waals surface area (Å²) in [6, 6.07) is 6.53. The molecule has 29 heavy (non-hydrogen) atoms. The monoisotopic (exact) mass is 393 g/mol. The first-order valence-electron chi connectivity index (χ1n) is 10.1. The Balaban J connectivity index is 1.64. The van der Waals surface area contributed by atoms with Gasteiger partial charge in [0.1, 0.15) is 23.5 Å². The number of hydrogen-bond donors (Lipinski definition) is 2. The second-order valence-corrected chi connectivity index (χ2v) is 7.86. The molecular weight excluding hydrogens is 369 g/mol. The number of rotatable bonds is 0. The summed E-state index contributed by atoms with van der Waals surface area (Å²) in [4.78, 5) is 4.73. The van der Waals surface area contributed by atoms with Gasteiger partial charge in [-0.25, -0.2) is 13.9 Å². The van der Waals surface area contributed by atoms with Gasteiger partial charge >= 0.3 is 0 Å². The number of aromatic nitrogens is 3. The summed E-state index contributed by atoms with van der Waals surface area (Å²) in [6.07, 6.45) is 7.81. The van der Waals surface area contributed by atoms with E-state index in [-0.39, 0.29) is 24.0 Å². The lowest BCUT2D eigenvalue weighted by atomic mass is 9.91. The zero-order chi connectivity index (χ0) is 20.0. The Hall–Kier alpha value is -3.09. The van der Waals surface area contributed by atoms with Gasteiger partial charge in [-0.3, -0.25) is 0 Å². The van der Waals surface area contributed by atoms with Crippen LogP contribution in [0.5, 0.6) is 5.75 Å². The van der Waals surface area contributed by atoms with Gasteiger partial charge in [0.2, 0.25) is 0 Å². The highest BCUT2D eigenvalue weighted by Crippen LogP contribution is 2.33. The normalized spacial score (nSPS) is 24.2. The highest BCUT2D eigenvalue weighted by atomic mass is 19.1. The molecule has 2 aromatic heterocycles. The molecule has 150 valence electrons. The molecule has 1 aliphatic carbocycles. The highest BCUT2D eigenvalue weighted by Gasteiger charge is 2.29. The minimum Gasteiger partial charge on any atom is -0.488 e. The Morgan fingerprint density at radius 1 is 1.21 bits per heavy atom. The average molecular weight is 393 g/mol. The Morgan fingerprint density at radius 3 is 2.97 bits per heavy atom. The molecule has 0 saturated heterocycles. The standard InChI is InChI=1S/C22H24FN5O/c1-13-16-11-15(23)7-8-19(16)29-20-6-4-3-5-18(20)25-14(2)17-12-24-28-10-9-21(26-13)27-22(17)28/h7-13,18,20,25H,2-6H2,1H3,(H,26,27)/t13-,18-,20-/m1/s1. The Labute approximate surface area is 168 Å². The molecule has 3 heterocycles. The lowest BCUT2D eigenvalue weighted by Gasteiger charge is -2.34. The van der Waals surface area contributed by atoms with E-state index < -0.39 is 0 Å². The fourth-order valence-corrected chi connectivity index (χ4v) is 4.29. The summed E-state index contributed by atoms with van der Waals surface area (Å²) in [5.41, 5.74) is 3.17. The number of nitrogens with zero attached hydrogens (tertiary/aromatic N) is 3. The quantitative estimate of drug-likeness (QED) is 0.596. The Morgan fingerprint density at radius 2 is 2.07 bits per heavy atom. The number of fused-ring (bicyclic) bond motifs is 3. The first-order valence-corrected chi connectivity index (χ1v) is 10.1. The lowest BCUT2D eigenvalue weighted by Crippen LogP contribution is -2.44. The third-order valence-electron chi connectivity index (χ3n) is 5.84. The maximum atomic E-state index is 14.1. The van der Waals surface area contributed by atoms with Gasteiger partial charge in [0.05, 0.1) is 23.8 Å². The van der Waals surface area contributed by atoms with Crippen LogP contribution in [-0.2, 0) is 0 Å². The molecule has 1 saturated carbocycles.